The van der Waals surface area contributed by atoms with Crippen molar-refractivity contribution in [3.8, 4) is 0 Å². The quantitative estimate of drug-likeness (QED) is 0.238. The van der Waals surface area contributed by atoms with Gasteiger partial charge in [0, 0.05) is 16.8 Å². The van der Waals surface area contributed by atoms with E-state index < -0.39 is 0 Å². The zero-order chi connectivity index (χ0) is 24.1. The van der Waals surface area contributed by atoms with E-state index in [2.05, 4.69) is 145 Å². The Morgan fingerprint density at radius 3 is 1.67 bits per heavy atom. The minimum absolute atomic E-state index is 1.15. The van der Waals surface area contributed by atoms with E-state index in [-0.39, 0.29) is 0 Å². The highest BCUT2D eigenvalue weighted by atomic mass is 15.1. The normalized spacial score (nSPS) is 11.5. The van der Waals surface area contributed by atoms with Crippen LogP contribution < -0.4 is 4.90 Å². The molecule has 0 aliphatic rings. The van der Waals surface area contributed by atoms with E-state index in [1.165, 1.54) is 54.3 Å². The van der Waals surface area contributed by atoms with Gasteiger partial charge < -0.3 is 4.90 Å². The third kappa shape index (κ3) is 3.32. The fourth-order valence-electron chi connectivity index (χ4n) is 5.47. The molecule has 1 heteroatoms. The van der Waals surface area contributed by atoms with E-state index in [0.29, 0.717) is 0 Å². The summed E-state index contributed by atoms with van der Waals surface area (Å²) in [6.45, 7) is 2.14. The number of benzene rings is 7. The highest BCUT2D eigenvalue weighted by Gasteiger charge is 2.18. The molecular formula is C35H25N. The Balaban J connectivity index is 1.57. The Bertz CT molecular complexity index is 1900. The molecule has 170 valence electrons. The van der Waals surface area contributed by atoms with Crippen LogP contribution in [-0.2, 0) is 0 Å². The van der Waals surface area contributed by atoms with Crippen LogP contribution in [0.15, 0.2) is 133 Å². The number of aryl methyl sites for hydroxylation is 1. The molecule has 0 aliphatic carbocycles. The summed E-state index contributed by atoms with van der Waals surface area (Å²) < 4.78 is 0. The standard InChI is InChI=1S/C35H25N/c1-24-14-19-28(20-15-24)36(29-21-18-26-17-16-25-8-2-4-10-30(25)34(26)23-29)35-22-27-9-3-5-11-31(27)32-12-6-7-13-33(32)35/h2-23H,1H3. The average Bonchev–Trinajstić information content (AvgIpc) is 2.94. The van der Waals surface area contributed by atoms with Crippen molar-refractivity contribution >= 4 is 60.2 Å². The van der Waals surface area contributed by atoms with Crippen LogP contribution >= 0.6 is 0 Å². The molecule has 0 heterocycles. The van der Waals surface area contributed by atoms with Crippen molar-refractivity contribution in [3.63, 3.8) is 0 Å². The van der Waals surface area contributed by atoms with Gasteiger partial charge in [-0.05, 0) is 75.0 Å². The first-order chi connectivity index (χ1) is 17.8. The maximum Gasteiger partial charge on any atom is 0.0546 e. The molecular weight excluding hydrogens is 434 g/mol. The van der Waals surface area contributed by atoms with Crippen LogP contribution in [0.4, 0.5) is 17.1 Å². The Hall–Kier alpha value is -4.62. The van der Waals surface area contributed by atoms with E-state index in [0.717, 1.165) is 11.4 Å². The monoisotopic (exact) mass is 459 g/mol. The zero-order valence-corrected chi connectivity index (χ0v) is 20.1. The molecule has 0 spiro atoms. The number of fused-ring (bicyclic) bond motifs is 6. The summed E-state index contributed by atoms with van der Waals surface area (Å²) in [5.41, 5.74) is 4.75. The fourth-order valence-corrected chi connectivity index (χ4v) is 5.47. The second-order valence-corrected chi connectivity index (χ2v) is 9.53. The van der Waals surface area contributed by atoms with Crippen LogP contribution in [0, 0.1) is 6.92 Å². The fraction of sp³-hybridized carbons (Fsp3) is 0.0286. The minimum atomic E-state index is 1.15. The van der Waals surface area contributed by atoms with Gasteiger partial charge in [-0.1, -0.05) is 109 Å². The van der Waals surface area contributed by atoms with Crippen molar-refractivity contribution in [1.29, 1.82) is 0 Å². The molecule has 36 heavy (non-hydrogen) atoms. The largest absolute Gasteiger partial charge is 0.310 e. The summed E-state index contributed by atoms with van der Waals surface area (Å²) in [6, 6.07) is 48.6. The predicted octanol–water partition coefficient (Wildman–Crippen LogP) is 10.1. The first kappa shape index (κ1) is 20.7. The zero-order valence-electron chi connectivity index (χ0n) is 20.1. The van der Waals surface area contributed by atoms with Crippen LogP contribution in [0.5, 0.6) is 0 Å². The molecule has 0 N–H and O–H groups in total. The number of hydrogen-bond acceptors (Lipinski definition) is 1. The van der Waals surface area contributed by atoms with Crippen LogP contribution in [-0.4, -0.2) is 0 Å². The molecule has 0 saturated heterocycles. The van der Waals surface area contributed by atoms with Crippen LogP contribution in [0.2, 0.25) is 0 Å². The first-order valence-electron chi connectivity index (χ1n) is 12.5. The van der Waals surface area contributed by atoms with E-state index >= 15 is 0 Å². The van der Waals surface area contributed by atoms with Crippen LogP contribution in [0.3, 0.4) is 0 Å². The highest BCUT2D eigenvalue weighted by molar-refractivity contribution is 6.15. The molecule has 0 unspecified atom stereocenters. The smallest absolute Gasteiger partial charge is 0.0546 e. The van der Waals surface area contributed by atoms with Crippen molar-refractivity contribution < 1.29 is 0 Å². The van der Waals surface area contributed by atoms with Gasteiger partial charge in [-0.3, -0.25) is 0 Å². The minimum Gasteiger partial charge on any atom is -0.310 e. The summed E-state index contributed by atoms with van der Waals surface area (Å²) in [6.07, 6.45) is 0. The second kappa shape index (κ2) is 8.25. The first-order valence-corrected chi connectivity index (χ1v) is 12.5. The lowest BCUT2D eigenvalue weighted by Crippen LogP contribution is -2.10. The molecule has 0 bridgehead atoms. The maximum absolute atomic E-state index is 2.41. The molecule has 0 aliphatic heterocycles. The lowest BCUT2D eigenvalue weighted by molar-refractivity contribution is 1.30. The molecule has 0 amide bonds. The Labute approximate surface area is 210 Å². The SMILES string of the molecule is Cc1ccc(N(c2ccc3ccc4ccccc4c3c2)c2cc3ccccc3c3ccccc23)cc1. The van der Waals surface area contributed by atoms with E-state index in [4.69, 9.17) is 0 Å². The van der Waals surface area contributed by atoms with Crippen molar-refractivity contribution in [3.05, 3.63) is 139 Å². The lowest BCUT2D eigenvalue weighted by Gasteiger charge is -2.28. The van der Waals surface area contributed by atoms with Gasteiger partial charge in [0.15, 0.2) is 0 Å². The van der Waals surface area contributed by atoms with Crippen molar-refractivity contribution in [1.82, 2.24) is 0 Å². The summed E-state index contributed by atoms with van der Waals surface area (Å²) >= 11 is 0. The van der Waals surface area contributed by atoms with E-state index in [1.54, 1.807) is 0 Å². The molecule has 0 fully saturated rings. The predicted molar refractivity (Wildman–Crippen MR) is 156 cm³/mol. The number of nitrogens with zero attached hydrogens (tertiary/aromatic N) is 1. The molecule has 0 atom stereocenters. The Morgan fingerprint density at radius 2 is 0.917 bits per heavy atom. The van der Waals surface area contributed by atoms with E-state index in [1.807, 2.05) is 0 Å². The number of anilines is 3. The number of rotatable bonds is 3. The molecule has 0 saturated carbocycles. The highest BCUT2D eigenvalue weighted by Crippen LogP contribution is 2.43. The van der Waals surface area contributed by atoms with Gasteiger partial charge in [-0.15, -0.1) is 0 Å². The van der Waals surface area contributed by atoms with Crippen molar-refractivity contribution in [2.75, 3.05) is 4.90 Å². The van der Waals surface area contributed by atoms with Crippen LogP contribution in [0.1, 0.15) is 5.56 Å². The van der Waals surface area contributed by atoms with Gasteiger partial charge in [0.05, 0.1) is 5.69 Å². The molecule has 0 radical (unpaired) electrons. The van der Waals surface area contributed by atoms with Gasteiger partial charge in [-0.25, -0.2) is 0 Å². The molecule has 1 nitrogen and oxygen atoms in total. The topological polar surface area (TPSA) is 3.24 Å². The molecule has 7 aromatic rings. The number of hydrogen-bond donors (Lipinski definition) is 0. The molecule has 0 aromatic heterocycles. The van der Waals surface area contributed by atoms with Gasteiger partial charge in [0.2, 0.25) is 0 Å². The summed E-state index contributed by atoms with van der Waals surface area (Å²) in [4.78, 5) is 2.41. The lowest BCUT2D eigenvalue weighted by atomic mass is 9.98. The third-order valence-electron chi connectivity index (χ3n) is 7.27. The van der Waals surface area contributed by atoms with Gasteiger partial charge >= 0.3 is 0 Å². The maximum atomic E-state index is 2.41. The van der Waals surface area contributed by atoms with Crippen LogP contribution in [0.25, 0.3) is 43.1 Å². The second-order valence-electron chi connectivity index (χ2n) is 9.53. The summed E-state index contributed by atoms with van der Waals surface area (Å²) in [5, 5.41) is 10.1. The van der Waals surface area contributed by atoms with Gasteiger partial charge in [0.1, 0.15) is 0 Å². The summed E-state index contributed by atoms with van der Waals surface area (Å²) in [7, 11) is 0. The summed E-state index contributed by atoms with van der Waals surface area (Å²) in [5.74, 6) is 0. The Morgan fingerprint density at radius 1 is 0.389 bits per heavy atom. The van der Waals surface area contributed by atoms with Crippen molar-refractivity contribution in [2.24, 2.45) is 0 Å². The Kier molecular flexibility index (Phi) is 4.75. The third-order valence-corrected chi connectivity index (χ3v) is 7.27. The van der Waals surface area contributed by atoms with E-state index in [9.17, 15) is 0 Å². The van der Waals surface area contributed by atoms with Crippen molar-refractivity contribution in [2.45, 2.75) is 6.92 Å². The average molecular weight is 460 g/mol. The molecule has 7 rings (SSSR count). The molecule has 7 aromatic carbocycles. The van der Waals surface area contributed by atoms with Gasteiger partial charge in [0.25, 0.3) is 0 Å². The van der Waals surface area contributed by atoms with Gasteiger partial charge in [-0.2, -0.15) is 0 Å².